The topological polar surface area (TPSA) is 87.7 Å². The molecule has 1 saturated heterocycles. The zero-order chi connectivity index (χ0) is 19.6. The fourth-order valence-electron chi connectivity index (χ4n) is 2.88. The van der Waals surface area contributed by atoms with Crippen LogP contribution in [0.3, 0.4) is 0 Å². The molecule has 0 unspecified atom stereocenters. The van der Waals surface area contributed by atoms with E-state index < -0.39 is 5.97 Å². The highest BCUT2D eigenvalue weighted by molar-refractivity contribution is 5.91. The average molecular weight is 375 g/mol. The lowest BCUT2D eigenvalue weighted by Gasteiger charge is -2.19. The summed E-state index contributed by atoms with van der Waals surface area (Å²) in [6, 6.07) is 6.61. The summed E-state index contributed by atoms with van der Waals surface area (Å²) >= 11 is 0. The number of esters is 1. The lowest BCUT2D eigenvalue weighted by Crippen LogP contribution is -2.39. The SMILES string of the molecule is CC(C)NC(=O)NCc1ccc(C(=O)OCC(=O)N2CCCCCC2)cc1. The third kappa shape index (κ3) is 7.29. The van der Waals surface area contributed by atoms with Gasteiger partial charge in [0.05, 0.1) is 5.56 Å². The van der Waals surface area contributed by atoms with E-state index >= 15 is 0 Å². The van der Waals surface area contributed by atoms with Crippen LogP contribution >= 0.6 is 0 Å². The first-order chi connectivity index (χ1) is 13.0. The van der Waals surface area contributed by atoms with Crippen molar-refractivity contribution in [2.45, 2.75) is 52.1 Å². The highest BCUT2D eigenvalue weighted by Gasteiger charge is 2.17. The molecule has 0 saturated carbocycles. The number of ether oxygens (including phenoxy) is 1. The maximum absolute atomic E-state index is 12.2. The van der Waals surface area contributed by atoms with Crippen molar-refractivity contribution in [1.29, 1.82) is 0 Å². The minimum Gasteiger partial charge on any atom is -0.452 e. The Bertz CT molecular complexity index is 635. The Kier molecular flexibility index (Phi) is 8.10. The van der Waals surface area contributed by atoms with Gasteiger partial charge in [-0.3, -0.25) is 4.79 Å². The summed E-state index contributed by atoms with van der Waals surface area (Å²) in [5.41, 5.74) is 1.25. The van der Waals surface area contributed by atoms with Crippen molar-refractivity contribution in [1.82, 2.24) is 15.5 Å². The largest absolute Gasteiger partial charge is 0.452 e. The van der Waals surface area contributed by atoms with Crippen LogP contribution in [0.1, 0.15) is 55.5 Å². The van der Waals surface area contributed by atoms with E-state index in [2.05, 4.69) is 10.6 Å². The number of hydrogen-bond donors (Lipinski definition) is 2. The van der Waals surface area contributed by atoms with Gasteiger partial charge in [0.2, 0.25) is 0 Å². The van der Waals surface area contributed by atoms with Crippen molar-refractivity contribution >= 4 is 17.9 Å². The summed E-state index contributed by atoms with van der Waals surface area (Å²) in [4.78, 5) is 37.6. The number of carbonyl (C=O) groups excluding carboxylic acids is 3. The molecule has 1 aromatic carbocycles. The van der Waals surface area contributed by atoms with Crippen molar-refractivity contribution in [3.8, 4) is 0 Å². The van der Waals surface area contributed by atoms with E-state index in [0.717, 1.165) is 44.3 Å². The van der Waals surface area contributed by atoms with Crippen LogP contribution in [0.15, 0.2) is 24.3 Å². The standard InChI is InChI=1S/C20H29N3O4/c1-15(2)22-20(26)21-13-16-7-9-17(10-8-16)19(25)27-14-18(24)23-11-5-3-4-6-12-23/h7-10,15H,3-6,11-14H2,1-2H3,(H2,21,22,26). The van der Waals surface area contributed by atoms with Crippen molar-refractivity contribution in [3.63, 3.8) is 0 Å². The van der Waals surface area contributed by atoms with Gasteiger partial charge in [0.25, 0.3) is 5.91 Å². The van der Waals surface area contributed by atoms with E-state index in [4.69, 9.17) is 4.74 Å². The molecule has 7 nitrogen and oxygen atoms in total. The maximum atomic E-state index is 12.2. The minimum atomic E-state index is -0.518. The molecule has 2 rings (SSSR count). The second-order valence-electron chi connectivity index (χ2n) is 7.05. The van der Waals surface area contributed by atoms with Crippen LogP contribution in [0, 0.1) is 0 Å². The molecule has 1 fully saturated rings. The van der Waals surface area contributed by atoms with Crippen molar-refractivity contribution in [2.75, 3.05) is 19.7 Å². The quantitative estimate of drug-likeness (QED) is 0.748. The summed E-state index contributed by atoms with van der Waals surface area (Å²) in [6.45, 7) is 5.39. The average Bonchev–Trinajstić information content (AvgIpc) is 2.93. The second-order valence-corrected chi connectivity index (χ2v) is 7.05. The van der Waals surface area contributed by atoms with E-state index in [-0.39, 0.29) is 24.6 Å². The van der Waals surface area contributed by atoms with Gasteiger partial charge in [0.1, 0.15) is 0 Å². The van der Waals surface area contributed by atoms with E-state index in [0.29, 0.717) is 12.1 Å². The molecule has 7 heteroatoms. The van der Waals surface area contributed by atoms with Gasteiger partial charge >= 0.3 is 12.0 Å². The number of rotatable bonds is 6. The fraction of sp³-hybridized carbons (Fsp3) is 0.550. The van der Waals surface area contributed by atoms with Gasteiger partial charge in [-0.1, -0.05) is 25.0 Å². The summed E-state index contributed by atoms with van der Waals surface area (Å²) in [6.07, 6.45) is 4.29. The molecule has 0 atom stereocenters. The van der Waals surface area contributed by atoms with E-state index in [9.17, 15) is 14.4 Å². The van der Waals surface area contributed by atoms with Gasteiger partial charge in [-0.05, 0) is 44.4 Å². The number of nitrogens with zero attached hydrogens (tertiary/aromatic N) is 1. The van der Waals surface area contributed by atoms with E-state index in [1.54, 1.807) is 29.2 Å². The predicted octanol–water partition coefficient (Wildman–Crippen LogP) is 2.45. The van der Waals surface area contributed by atoms with Crippen molar-refractivity contribution < 1.29 is 19.1 Å². The first-order valence-corrected chi connectivity index (χ1v) is 9.54. The Hall–Kier alpha value is -2.57. The van der Waals surface area contributed by atoms with E-state index in [1.165, 1.54) is 0 Å². The third-order valence-corrected chi connectivity index (χ3v) is 4.35. The molecular formula is C20H29N3O4. The zero-order valence-corrected chi connectivity index (χ0v) is 16.1. The molecule has 0 bridgehead atoms. The molecule has 148 valence electrons. The predicted molar refractivity (Wildman–Crippen MR) is 102 cm³/mol. The number of benzene rings is 1. The molecule has 0 aromatic heterocycles. The normalized spacial score (nSPS) is 14.4. The monoisotopic (exact) mass is 375 g/mol. The first-order valence-electron chi connectivity index (χ1n) is 9.54. The van der Waals surface area contributed by atoms with Crippen LogP contribution in [-0.2, 0) is 16.1 Å². The molecule has 1 aliphatic heterocycles. The third-order valence-electron chi connectivity index (χ3n) is 4.35. The molecular weight excluding hydrogens is 346 g/mol. The van der Waals surface area contributed by atoms with Gasteiger partial charge in [-0.2, -0.15) is 0 Å². The molecule has 27 heavy (non-hydrogen) atoms. The van der Waals surface area contributed by atoms with Crippen molar-refractivity contribution in [3.05, 3.63) is 35.4 Å². The molecule has 0 spiro atoms. The lowest BCUT2D eigenvalue weighted by molar-refractivity contribution is -0.134. The number of urea groups is 1. The van der Waals surface area contributed by atoms with Gasteiger partial charge in [0.15, 0.2) is 6.61 Å². The van der Waals surface area contributed by atoms with Crippen LogP contribution in [0.5, 0.6) is 0 Å². The highest BCUT2D eigenvalue weighted by Crippen LogP contribution is 2.10. The molecule has 1 heterocycles. The molecule has 1 aliphatic rings. The Morgan fingerprint density at radius 3 is 2.26 bits per heavy atom. The van der Waals surface area contributed by atoms with Crippen molar-refractivity contribution in [2.24, 2.45) is 0 Å². The van der Waals surface area contributed by atoms with Crippen LogP contribution in [-0.4, -0.2) is 48.5 Å². The Morgan fingerprint density at radius 2 is 1.67 bits per heavy atom. The summed E-state index contributed by atoms with van der Waals surface area (Å²) in [5, 5.41) is 5.48. The molecule has 0 radical (unpaired) electrons. The Balaban J connectivity index is 1.77. The number of carbonyl (C=O) groups is 3. The molecule has 0 aliphatic carbocycles. The second kappa shape index (κ2) is 10.5. The fourth-order valence-corrected chi connectivity index (χ4v) is 2.88. The highest BCUT2D eigenvalue weighted by atomic mass is 16.5. The summed E-state index contributed by atoms with van der Waals surface area (Å²) in [7, 11) is 0. The summed E-state index contributed by atoms with van der Waals surface area (Å²) in [5.74, 6) is -0.655. The molecule has 1 aromatic rings. The van der Waals surface area contributed by atoms with Gasteiger partial charge in [0, 0.05) is 25.7 Å². The lowest BCUT2D eigenvalue weighted by atomic mass is 10.1. The first kappa shape index (κ1) is 20.7. The number of likely N-dealkylation sites (tertiary alicyclic amines) is 1. The van der Waals surface area contributed by atoms with E-state index in [1.807, 2.05) is 13.8 Å². The van der Waals surface area contributed by atoms with Crippen LogP contribution < -0.4 is 10.6 Å². The van der Waals surface area contributed by atoms with Gasteiger partial charge in [-0.15, -0.1) is 0 Å². The number of amides is 3. The van der Waals surface area contributed by atoms with Crippen LogP contribution in [0.4, 0.5) is 4.79 Å². The number of nitrogens with one attached hydrogen (secondary N) is 2. The zero-order valence-electron chi connectivity index (χ0n) is 16.1. The van der Waals surface area contributed by atoms with Crippen LogP contribution in [0.25, 0.3) is 0 Å². The van der Waals surface area contributed by atoms with Gasteiger partial charge < -0.3 is 20.3 Å². The van der Waals surface area contributed by atoms with Gasteiger partial charge in [-0.25, -0.2) is 9.59 Å². The molecule has 2 N–H and O–H groups in total. The Labute approximate surface area is 160 Å². The minimum absolute atomic E-state index is 0.0687. The smallest absolute Gasteiger partial charge is 0.338 e. The Morgan fingerprint density at radius 1 is 1.04 bits per heavy atom. The summed E-state index contributed by atoms with van der Waals surface area (Å²) < 4.78 is 5.16. The number of hydrogen-bond acceptors (Lipinski definition) is 4. The molecule has 3 amide bonds. The van der Waals surface area contributed by atoms with Crippen LogP contribution in [0.2, 0.25) is 0 Å². The maximum Gasteiger partial charge on any atom is 0.338 e.